The van der Waals surface area contributed by atoms with E-state index in [4.69, 9.17) is 4.74 Å². The first kappa shape index (κ1) is 17.1. The van der Waals surface area contributed by atoms with Crippen LogP contribution in [0.4, 0.5) is 0 Å². The van der Waals surface area contributed by atoms with Gasteiger partial charge in [0.25, 0.3) is 0 Å². The summed E-state index contributed by atoms with van der Waals surface area (Å²) in [5.41, 5.74) is 0. The maximum atomic E-state index is 11.0. The molecule has 0 N–H and O–H groups in total. The van der Waals surface area contributed by atoms with Gasteiger partial charge in [-0.2, -0.15) is 0 Å². The molecular weight excluding hydrogens is 228 g/mol. The number of hydrogen-bond acceptors (Lipinski definition) is 3. The van der Waals surface area contributed by atoms with Crippen molar-refractivity contribution in [1.82, 2.24) is 0 Å². The van der Waals surface area contributed by atoms with Crippen molar-refractivity contribution >= 4 is 11.8 Å². The molecule has 0 radical (unpaired) electrons. The van der Waals surface area contributed by atoms with E-state index in [0.717, 1.165) is 12.8 Å². The van der Waals surface area contributed by atoms with Crippen molar-refractivity contribution in [3.05, 3.63) is 0 Å². The summed E-state index contributed by atoms with van der Waals surface area (Å²) in [6.07, 6.45) is 11.1. The van der Waals surface area contributed by atoms with Crippen molar-refractivity contribution in [2.75, 3.05) is 6.61 Å². The zero-order valence-corrected chi connectivity index (χ0v) is 12.0. The second-order valence-corrected chi connectivity index (χ2v) is 4.93. The van der Waals surface area contributed by atoms with Crippen LogP contribution in [0.1, 0.15) is 78.1 Å². The molecule has 0 rings (SSSR count). The summed E-state index contributed by atoms with van der Waals surface area (Å²) in [5, 5.41) is 0. The molecule has 18 heavy (non-hydrogen) atoms. The van der Waals surface area contributed by atoms with Crippen molar-refractivity contribution < 1.29 is 14.3 Å². The van der Waals surface area contributed by atoms with Crippen LogP contribution in [0.5, 0.6) is 0 Å². The number of ether oxygens (including phenoxy) is 1. The standard InChI is InChI=1S/C15H28O3/c1-3-4-5-6-7-8-9-10-11-12-18-15(17)13-14(2)16/h3-13H2,1-2H3. The minimum atomic E-state index is -0.387. The summed E-state index contributed by atoms with van der Waals surface area (Å²) in [6.45, 7) is 4.09. The molecule has 0 fully saturated rings. The minimum Gasteiger partial charge on any atom is -0.465 e. The molecule has 0 bridgehead atoms. The van der Waals surface area contributed by atoms with Gasteiger partial charge < -0.3 is 4.74 Å². The van der Waals surface area contributed by atoms with Gasteiger partial charge in [-0.1, -0.05) is 58.3 Å². The van der Waals surface area contributed by atoms with Crippen LogP contribution >= 0.6 is 0 Å². The largest absolute Gasteiger partial charge is 0.465 e. The summed E-state index contributed by atoms with van der Waals surface area (Å²) in [6, 6.07) is 0. The van der Waals surface area contributed by atoms with Crippen LogP contribution in [0.15, 0.2) is 0 Å². The lowest BCUT2D eigenvalue weighted by Crippen LogP contribution is -2.09. The number of carbonyl (C=O) groups is 2. The Balaban J connectivity index is 3.11. The van der Waals surface area contributed by atoms with Crippen LogP contribution < -0.4 is 0 Å². The molecule has 0 amide bonds. The van der Waals surface area contributed by atoms with Crippen molar-refractivity contribution in [2.24, 2.45) is 0 Å². The highest BCUT2D eigenvalue weighted by Gasteiger charge is 2.05. The van der Waals surface area contributed by atoms with E-state index in [-0.39, 0.29) is 18.2 Å². The van der Waals surface area contributed by atoms with Crippen LogP contribution in [0, 0.1) is 0 Å². The van der Waals surface area contributed by atoms with Crippen molar-refractivity contribution in [1.29, 1.82) is 0 Å². The Bertz CT molecular complexity index is 224. The maximum absolute atomic E-state index is 11.0. The molecule has 0 atom stereocenters. The molecule has 3 heteroatoms. The van der Waals surface area contributed by atoms with Crippen molar-refractivity contribution in [3.63, 3.8) is 0 Å². The smallest absolute Gasteiger partial charge is 0.313 e. The summed E-state index contributed by atoms with van der Waals surface area (Å²) in [4.78, 5) is 21.7. The molecule has 0 saturated heterocycles. The third-order valence-electron chi connectivity index (χ3n) is 2.90. The molecule has 0 saturated carbocycles. The Morgan fingerprint density at radius 3 is 1.83 bits per heavy atom. The number of hydrogen-bond donors (Lipinski definition) is 0. The normalized spacial score (nSPS) is 10.3. The van der Waals surface area contributed by atoms with Gasteiger partial charge in [-0.25, -0.2) is 0 Å². The fourth-order valence-corrected chi connectivity index (χ4v) is 1.85. The van der Waals surface area contributed by atoms with Crippen LogP contribution in [-0.2, 0) is 14.3 Å². The van der Waals surface area contributed by atoms with Crippen molar-refractivity contribution in [3.8, 4) is 0 Å². The lowest BCUT2D eigenvalue weighted by atomic mass is 10.1. The number of rotatable bonds is 12. The van der Waals surface area contributed by atoms with Crippen molar-refractivity contribution in [2.45, 2.75) is 78.1 Å². The monoisotopic (exact) mass is 256 g/mol. The first-order chi connectivity index (χ1) is 8.66. The Hall–Kier alpha value is -0.860. The van der Waals surface area contributed by atoms with Crippen LogP contribution in [0.3, 0.4) is 0 Å². The molecule has 0 spiro atoms. The van der Waals surface area contributed by atoms with E-state index in [1.807, 2.05) is 0 Å². The van der Waals surface area contributed by atoms with Gasteiger partial charge in [0.1, 0.15) is 12.2 Å². The molecular formula is C15H28O3. The van der Waals surface area contributed by atoms with E-state index in [2.05, 4.69) is 6.92 Å². The van der Waals surface area contributed by atoms with Crippen LogP contribution in [-0.4, -0.2) is 18.4 Å². The molecule has 0 heterocycles. The molecule has 0 aliphatic rings. The zero-order chi connectivity index (χ0) is 13.6. The summed E-state index contributed by atoms with van der Waals surface area (Å²) < 4.78 is 4.95. The molecule has 0 aromatic carbocycles. The predicted molar refractivity (Wildman–Crippen MR) is 73.5 cm³/mol. The van der Waals surface area contributed by atoms with E-state index < -0.39 is 0 Å². The Morgan fingerprint density at radius 2 is 1.33 bits per heavy atom. The highest BCUT2D eigenvalue weighted by molar-refractivity contribution is 5.94. The minimum absolute atomic E-state index is 0.0859. The predicted octanol–water partition coefficient (Wildman–Crippen LogP) is 4.04. The summed E-state index contributed by atoms with van der Waals surface area (Å²) in [7, 11) is 0. The second kappa shape index (κ2) is 12.6. The number of esters is 1. The van der Waals surface area contributed by atoms with Gasteiger partial charge in [0.05, 0.1) is 6.61 Å². The highest BCUT2D eigenvalue weighted by atomic mass is 16.5. The van der Waals surface area contributed by atoms with Gasteiger partial charge in [-0.05, 0) is 13.3 Å². The van der Waals surface area contributed by atoms with Crippen LogP contribution in [0.25, 0.3) is 0 Å². The second-order valence-electron chi connectivity index (χ2n) is 4.93. The molecule has 106 valence electrons. The first-order valence-electron chi connectivity index (χ1n) is 7.32. The van der Waals surface area contributed by atoms with Gasteiger partial charge in [0.15, 0.2) is 0 Å². The first-order valence-corrected chi connectivity index (χ1v) is 7.32. The van der Waals surface area contributed by atoms with E-state index in [9.17, 15) is 9.59 Å². The quantitative estimate of drug-likeness (QED) is 0.301. The molecule has 0 aliphatic heterocycles. The lowest BCUT2D eigenvalue weighted by Gasteiger charge is -2.04. The molecule has 0 aromatic heterocycles. The summed E-state index contributed by atoms with van der Waals surface area (Å²) >= 11 is 0. The fourth-order valence-electron chi connectivity index (χ4n) is 1.85. The molecule has 0 aromatic rings. The molecule has 0 aliphatic carbocycles. The SMILES string of the molecule is CCCCCCCCCCCOC(=O)CC(C)=O. The van der Waals surface area contributed by atoms with E-state index in [1.54, 1.807) is 0 Å². The third kappa shape index (κ3) is 13.2. The average molecular weight is 256 g/mol. The van der Waals surface area contributed by atoms with E-state index >= 15 is 0 Å². The van der Waals surface area contributed by atoms with Gasteiger partial charge >= 0.3 is 5.97 Å². The van der Waals surface area contributed by atoms with E-state index in [1.165, 1.54) is 51.9 Å². The Kier molecular flexibility index (Phi) is 12.0. The van der Waals surface area contributed by atoms with Gasteiger partial charge in [-0.15, -0.1) is 0 Å². The Morgan fingerprint density at radius 1 is 0.833 bits per heavy atom. The fraction of sp³-hybridized carbons (Fsp3) is 0.867. The van der Waals surface area contributed by atoms with Gasteiger partial charge in [0.2, 0.25) is 0 Å². The number of Topliss-reactive ketones (excluding diaryl/α,β-unsaturated/α-hetero) is 1. The third-order valence-corrected chi connectivity index (χ3v) is 2.90. The molecule has 3 nitrogen and oxygen atoms in total. The summed E-state index contributed by atoms with van der Waals surface area (Å²) in [5.74, 6) is -0.519. The zero-order valence-electron chi connectivity index (χ0n) is 12.0. The van der Waals surface area contributed by atoms with Gasteiger partial charge in [-0.3, -0.25) is 9.59 Å². The number of ketones is 1. The van der Waals surface area contributed by atoms with Gasteiger partial charge in [0, 0.05) is 0 Å². The topological polar surface area (TPSA) is 43.4 Å². The lowest BCUT2D eigenvalue weighted by molar-refractivity contribution is -0.145. The maximum Gasteiger partial charge on any atom is 0.313 e. The average Bonchev–Trinajstić information content (AvgIpc) is 2.30. The van der Waals surface area contributed by atoms with E-state index in [0.29, 0.717) is 6.61 Å². The highest BCUT2D eigenvalue weighted by Crippen LogP contribution is 2.09. The number of unbranched alkanes of at least 4 members (excludes halogenated alkanes) is 8. The molecule has 0 unspecified atom stereocenters. The Labute approximate surface area is 111 Å². The van der Waals surface area contributed by atoms with Crippen LogP contribution in [0.2, 0.25) is 0 Å². The number of carbonyl (C=O) groups excluding carboxylic acids is 2.